The second-order valence-electron chi connectivity index (χ2n) is 8.89. The Morgan fingerprint density at radius 1 is 1.44 bits per heavy atom. The van der Waals surface area contributed by atoms with E-state index in [9.17, 15) is 23.9 Å². The number of amides is 1. The van der Waals surface area contributed by atoms with Crippen molar-refractivity contribution in [3.63, 3.8) is 0 Å². The molecule has 0 saturated heterocycles. The van der Waals surface area contributed by atoms with E-state index in [4.69, 9.17) is 9.72 Å². The van der Waals surface area contributed by atoms with Gasteiger partial charge in [-0.3, -0.25) is 9.59 Å². The number of aromatic nitrogens is 2. The number of hydrogen-bond donors (Lipinski definition) is 3. The van der Waals surface area contributed by atoms with Crippen LogP contribution in [0.3, 0.4) is 0 Å². The minimum Gasteiger partial charge on any atom is -0.381 e. The number of fused-ring (bicyclic) bond motifs is 4. The summed E-state index contributed by atoms with van der Waals surface area (Å²) in [5.74, 6) is -0.0763. The number of aliphatic hydroxyl groups is 1. The molecule has 2 aliphatic rings. The van der Waals surface area contributed by atoms with Gasteiger partial charge >= 0.3 is 0 Å². The number of benzene rings is 1. The molecule has 0 radical (unpaired) electrons. The first kappa shape index (κ1) is 24.6. The molecular weight excluding hydrogens is 487 g/mol. The third kappa shape index (κ3) is 3.74. The number of pyridine rings is 2. The minimum atomic E-state index is -1.51. The fourth-order valence-electron chi connectivity index (χ4n) is 5.08. The van der Waals surface area contributed by atoms with Gasteiger partial charge in [-0.1, -0.05) is 0 Å². The molecule has 188 valence electrons. The highest BCUT2D eigenvalue weighted by Gasteiger charge is 2.35. The summed E-state index contributed by atoms with van der Waals surface area (Å²) in [6.07, 6.45) is -1.15. The van der Waals surface area contributed by atoms with Crippen molar-refractivity contribution in [2.24, 2.45) is 0 Å². The summed E-state index contributed by atoms with van der Waals surface area (Å²) in [5, 5.41) is 17.0. The highest BCUT2D eigenvalue weighted by Crippen LogP contribution is 2.47. The monoisotopic (exact) mass is 512 g/mol. The number of carbonyl (C=O) groups excluding carboxylic acids is 2. The van der Waals surface area contributed by atoms with E-state index in [1.807, 2.05) is 0 Å². The van der Waals surface area contributed by atoms with E-state index in [0.29, 0.717) is 34.5 Å². The molecule has 3 aromatic rings. The Kier molecular flexibility index (Phi) is 6.41. The Morgan fingerprint density at radius 3 is 2.92 bits per heavy atom. The van der Waals surface area contributed by atoms with Crippen LogP contribution >= 0.6 is 11.8 Å². The third-order valence-corrected chi connectivity index (χ3v) is 8.00. The molecule has 4 heterocycles. The molecule has 2 aliphatic heterocycles. The molecule has 9 nitrogen and oxygen atoms in total. The second-order valence-corrected chi connectivity index (χ2v) is 9.92. The van der Waals surface area contributed by atoms with Crippen LogP contribution in [0.25, 0.3) is 22.3 Å². The first-order valence-electron chi connectivity index (χ1n) is 11.4. The maximum absolute atomic E-state index is 14.9. The van der Waals surface area contributed by atoms with Gasteiger partial charge in [0.05, 0.1) is 42.6 Å². The van der Waals surface area contributed by atoms with E-state index >= 15 is 0 Å². The maximum atomic E-state index is 14.9. The number of halogens is 1. The number of nitrogens with one attached hydrogen (secondary N) is 2. The normalized spacial score (nSPS) is 16.5. The number of ether oxygens (including phenoxy) is 1. The van der Waals surface area contributed by atoms with E-state index in [1.54, 1.807) is 20.0 Å². The number of thioether (sulfide) groups is 1. The second kappa shape index (κ2) is 9.40. The van der Waals surface area contributed by atoms with E-state index in [0.717, 1.165) is 21.4 Å². The number of rotatable bonds is 7. The number of likely N-dealkylation sites (N-methyl/N-ethyl adjacent to an activating group) is 1. The summed E-state index contributed by atoms with van der Waals surface area (Å²) < 4.78 is 21.5. The van der Waals surface area contributed by atoms with Crippen LogP contribution in [0.4, 0.5) is 4.39 Å². The highest BCUT2D eigenvalue weighted by molar-refractivity contribution is 7.99. The first-order chi connectivity index (χ1) is 17.3. The van der Waals surface area contributed by atoms with Crippen molar-refractivity contribution < 1.29 is 23.8 Å². The molecular formula is C25H25FN4O5S. The molecule has 0 aliphatic carbocycles. The third-order valence-electron chi connectivity index (χ3n) is 6.70. The van der Waals surface area contributed by atoms with Crippen molar-refractivity contribution in [1.82, 2.24) is 20.2 Å². The summed E-state index contributed by atoms with van der Waals surface area (Å²) in [6.45, 7) is 1.97. The molecule has 2 atom stereocenters. The maximum Gasteiger partial charge on any atom is 0.257 e. The Labute approximate surface area is 210 Å². The van der Waals surface area contributed by atoms with Crippen molar-refractivity contribution in [1.29, 1.82) is 0 Å². The lowest BCUT2D eigenvalue weighted by Gasteiger charge is -2.29. The number of hydrogen-bond acceptors (Lipinski definition) is 8. The van der Waals surface area contributed by atoms with Crippen molar-refractivity contribution in [2.45, 2.75) is 37.1 Å². The SMILES string of the molecule is CNCC(=O)NC1CSc2c(C)c(F)cc3nc4c(c1c23)Cn1c-4cc(C(O)C=O)c(COC)c1=O. The highest BCUT2D eigenvalue weighted by atomic mass is 32.2. The fraction of sp³-hybridized carbons (Fsp3) is 0.360. The number of nitrogens with zero attached hydrogens (tertiary/aromatic N) is 2. The van der Waals surface area contributed by atoms with Gasteiger partial charge in [0.15, 0.2) is 6.29 Å². The quantitative estimate of drug-likeness (QED) is 0.320. The van der Waals surface area contributed by atoms with Crippen LogP contribution in [0, 0.1) is 12.7 Å². The number of aliphatic hydroxyl groups excluding tert-OH is 1. The van der Waals surface area contributed by atoms with Gasteiger partial charge < -0.3 is 29.8 Å². The average Bonchev–Trinajstić information content (AvgIpc) is 3.22. The van der Waals surface area contributed by atoms with Crippen LogP contribution in [0.15, 0.2) is 21.8 Å². The summed E-state index contributed by atoms with van der Waals surface area (Å²) in [6, 6.07) is 2.57. The largest absolute Gasteiger partial charge is 0.381 e. The zero-order chi connectivity index (χ0) is 25.7. The van der Waals surface area contributed by atoms with Gasteiger partial charge in [-0.25, -0.2) is 9.37 Å². The molecule has 1 aromatic carbocycles. The van der Waals surface area contributed by atoms with E-state index in [-0.39, 0.29) is 48.6 Å². The topological polar surface area (TPSA) is 123 Å². The van der Waals surface area contributed by atoms with Crippen LogP contribution in [0.2, 0.25) is 0 Å². The summed E-state index contributed by atoms with van der Waals surface area (Å²) >= 11 is 1.47. The molecule has 0 spiro atoms. The molecule has 0 bridgehead atoms. The predicted octanol–water partition coefficient (Wildman–Crippen LogP) is 1.73. The van der Waals surface area contributed by atoms with Crippen LogP contribution < -0.4 is 16.2 Å². The first-order valence-corrected chi connectivity index (χ1v) is 12.4. The lowest BCUT2D eigenvalue weighted by atomic mass is 9.93. The summed E-state index contributed by atoms with van der Waals surface area (Å²) in [7, 11) is 3.11. The number of aldehydes is 1. The van der Waals surface area contributed by atoms with Gasteiger partial charge in [0.25, 0.3) is 5.56 Å². The summed E-state index contributed by atoms with van der Waals surface area (Å²) in [4.78, 5) is 42.9. The lowest BCUT2D eigenvalue weighted by molar-refractivity contribution is -0.120. The summed E-state index contributed by atoms with van der Waals surface area (Å²) in [5.41, 5.74) is 3.32. The smallest absolute Gasteiger partial charge is 0.257 e. The van der Waals surface area contributed by atoms with Gasteiger partial charge in [0.2, 0.25) is 5.91 Å². The van der Waals surface area contributed by atoms with Crippen molar-refractivity contribution in [3.8, 4) is 11.4 Å². The zero-order valence-electron chi connectivity index (χ0n) is 20.0. The van der Waals surface area contributed by atoms with Crippen molar-refractivity contribution in [3.05, 3.63) is 56.1 Å². The van der Waals surface area contributed by atoms with Crippen molar-refractivity contribution >= 4 is 34.9 Å². The van der Waals surface area contributed by atoms with Crippen LogP contribution in [-0.2, 0) is 27.5 Å². The molecule has 3 N–H and O–H groups in total. The van der Waals surface area contributed by atoms with Gasteiger partial charge in [-0.2, -0.15) is 0 Å². The molecule has 36 heavy (non-hydrogen) atoms. The van der Waals surface area contributed by atoms with Gasteiger partial charge in [0, 0.05) is 45.9 Å². The van der Waals surface area contributed by atoms with Gasteiger partial charge in [0.1, 0.15) is 11.9 Å². The Hall–Kier alpha value is -3.12. The molecule has 1 amide bonds. The Balaban J connectivity index is 1.80. The van der Waals surface area contributed by atoms with Gasteiger partial charge in [-0.15, -0.1) is 11.8 Å². The van der Waals surface area contributed by atoms with E-state index in [2.05, 4.69) is 10.6 Å². The predicted molar refractivity (Wildman–Crippen MR) is 133 cm³/mol. The average molecular weight is 513 g/mol. The molecule has 0 saturated carbocycles. The zero-order valence-corrected chi connectivity index (χ0v) is 20.8. The van der Waals surface area contributed by atoms with Crippen LogP contribution in [0.1, 0.15) is 40.0 Å². The van der Waals surface area contributed by atoms with Crippen molar-refractivity contribution in [2.75, 3.05) is 26.5 Å². The van der Waals surface area contributed by atoms with Crippen LogP contribution in [0.5, 0.6) is 0 Å². The molecule has 2 unspecified atom stereocenters. The van der Waals surface area contributed by atoms with E-state index < -0.39 is 11.7 Å². The van der Waals surface area contributed by atoms with E-state index in [1.165, 1.54) is 29.5 Å². The molecule has 0 fully saturated rings. The van der Waals surface area contributed by atoms with Gasteiger partial charge in [-0.05, 0) is 31.2 Å². The fourth-order valence-corrected chi connectivity index (χ4v) is 6.34. The van der Waals surface area contributed by atoms with Crippen LogP contribution in [-0.4, -0.2) is 53.3 Å². The Bertz CT molecular complexity index is 1490. The standard InChI is InChI=1S/C25H25FN4O5S/c1-11-15(26)5-16-22-21(17(10-36-24(11)22)28-20(33)6-27-2)13-7-30-18(23(13)29-16)4-12(19(32)8-31)14(9-35-3)25(30)34/h4-5,8,17,19,27,32H,6-7,9-10H2,1-3H3,(H,28,33). The minimum absolute atomic E-state index is 0.0775. The number of carbonyl (C=O) groups is 2. The molecule has 5 rings (SSSR count). The molecule has 11 heteroatoms. The molecule has 2 aromatic heterocycles. The Morgan fingerprint density at radius 2 is 2.22 bits per heavy atom. The lowest BCUT2D eigenvalue weighted by Crippen LogP contribution is -2.37. The number of methoxy groups -OCH3 is 1.